The summed E-state index contributed by atoms with van der Waals surface area (Å²) in [4.78, 5) is 9.51. The van der Waals surface area contributed by atoms with Crippen molar-refractivity contribution in [2.75, 3.05) is 12.4 Å². The smallest absolute Gasteiger partial charge is 0.154 e. The molecule has 1 aromatic heterocycles. The van der Waals surface area contributed by atoms with Crippen LogP contribution in [0.1, 0.15) is 37.1 Å². The molecular formula is C23H25ClN4O. The molecule has 0 spiro atoms. The molecule has 1 saturated carbocycles. The number of rotatable bonds is 5. The van der Waals surface area contributed by atoms with Gasteiger partial charge < -0.3 is 15.8 Å². The van der Waals surface area contributed by atoms with Gasteiger partial charge in [0.1, 0.15) is 11.6 Å². The summed E-state index contributed by atoms with van der Waals surface area (Å²) in [6, 6.07) is 14.2. The second kappa shape index (κ2) is 8.80. The molecule has 0 atom stereocenters. The fraction of sp³-hybridized carbons (Fsp3) is 0.304. The number of fused-ring (bicyclic) bond motifs is 1. The van der Waals surface area contributed by atoms with E-state index in [1.165, 1.54) is 0 Å². The molecule has 0 aliphatic heterocycles. The second-order valence-corrected chi connectivity index (χ2v) is 7.89. The molecule has 6 heteroatoms. The molecule has 0 amide bonds. The summed E-state index contributed by atoms with van der Waals surface area (Å²) >= 11 is 5.97. The highest BCUT2D eigenvalue weighted by Gasteiger charge is 2.20. The van der Waals surface area contributed by atoms with E-state index in [9.17, 15) is 0 Å². The number of ether oxygens (including phenoxy) is 1. The zero-order valence-corrected chi connectivity index (χ0v) is 17.2. The molecule has 150 valence electrons. The van der Waals surface area contributed by atoms with Gasteiger partial charge in [0.15, 0.2) is 5.82 Å². The molecule has 0 saturated heterocycles. The van der Waals surface area contributed by atoms with Crippen molar-refractivity contribution in [3.8, 4) is 5.75 Å². The van der Waals surface area contributed by atoms with Gasteiger partial charge in [-0.1, -0.05) is 29.8 Å². The number of anilines is 1. The van der Waals surface area contributed by atoms with Gasteiger partial charge >= 0.3 is 0 Å². The molecule has 4 rings (SSSR count). The molecule has 0 bridgehead atoms. The number of nitrogens with two attached hydrogens (primary N) is 1. The van der Waals surface area contributed by atoms with Gasteiger partial charge in [-0.15, -0.1) is 0 Å². The Morgan fingerprint density at radius 1 is 1.03 bits per heavy atom. The van der Waals surface area contributed by atoms with Crippen molar-refractivity contribution < 1.29 is 4.74 Å². The molecule has 5 nitrogen and oxygen atoms in total. The molecule has 1 heterocycles. The second-order valence-electron chi connectivity index (χ2n) is 7.45. The van der Waals surface area contributed by atoms with E-state index < -0.39 is 0 Å². The van der Waals surface area contributed by atoms with Crippen molar-refractivity contribution in [1.29, 1.82) is 0 Å². The molecule has 0 radical (unpaired) electrons. The lowest BCUT2D eigenvalue weighted by atomic mass is 9.92. The molecule has 2 aromatic carbocycles. The monoisotopic (exact) mass is 408 g/mol. The first-order chi connectivity index (χ1) is 14.1. The third kappa shape index (κ3) is 4.86. The van der Waals surface area contributed by atoms with Gasteiger partial charge in [-0.3, -0.25) is 0 Å². The van der Waals surface area contributed by atoms with Gasteiger partial charge in [0.05, 0.1) is 12.6 Å². The van der Waals surface area contributed by atoms with E-state index >= 15 is 0 Å². The fourth-order valence-corrected chi connectivity index (χ4v) is 3.76. The number of hydrogen-bond donors (Lipinski definition) is 2. The minimum absolute atomic E-state index is 0.313. The van der Waals surface area contributed by atoms with Crippen LogP contribution in [0.4, 0.5) is 5.82 Å². The third-order valence-corrected chi connectivity index (χ3v) is 5.58. The standard InChI is InChI=1S/C23H25ClN4O/c1-29-19-11-12-21-20(14-19)23(26-18-9-7-17(25)8-10-18)28-22(27-21)13-4-15-2-5-16(24)6-3-15/h2-6,11-14,17-18H,7-10,25H2,1H3,(H,26,27,28). The van der Waals surface area contributed by atoms with E-state index in [0.717, 1.165) is 58.7 Å². The Morgan fingerprint density at radius 2 is 1.79 bits per heavy atom. The summed E-state index contributed by atoms with van der Waals surface area (Å²) in [6.07, 6.45) is 8.08. The molecule has 1 fully saturated rings. The van der Waals surface area contributed by atoms with Gasteiger partial charge in [-0.2, -0.15) is 0 Å². The van der Waals surface area contributed by atoms with Crippen molar-refractivity contribution in [3.05, 3.63) is 58.9 Å². The van der Waals surface area contributed by atoms with Crippen LogP contribution in [0.5, 0.6) is 5.75 Å². The maximum atomic E-state index is 6.06. The van der Waals surface area contributed by atoms with E-state index in [0.29, 0.717) is 17.9 Å². The van der Waals surface area contributed by atoms with Crippen LogP contribution in [0, 0.1) is 0 Å². The summed E-state index contributed by atoms with van der Waals surface area (Å²) in [5, 5.41) is 5.31. The Labute approximate surface area is 176 Å². The zero-order valence-electron chi connectivity index (χ0n) is 16.4. The molecule has 29 heavy (non-hydrogen) atoms. The van der Waals surface area contributed by atoms with Crippen LogP contribution < -0.4 is 15.8 Å². The van der Waals surface area contributed by atoms with Gasteiger partial charge in [0, 0.05) is 22.5 Å². The molecule has 3 N–H and O–H groups in total. The van der Waals surface area contributed by atoms with Gasteiger partial charge in [-0.05, 0) is 67.7 Å². The highest BCUT2D eigenvalue weighted by atomic mass is 35.5. The molecular weight excluding hydrogens is 384 g/mol. The number of halogens is 1. The Bertz CT molecular complexity index is 1010. The first-order valence-electron chi connectivity index (χ1n) is 9.92. The summed E-state index contributed by atoms with van der Waals surface area (Å²) < 4.78 is 5.40. The summed E-state index contributed by atoms with van der Waals surface area (Å²) in [5.41, 5.74) is 7.99. The number of nitrogens with zero attached hydrogens (tertiary/aromatic N) is 2. The molecule has 1 aliphatic rings. The maximum Gasteiger partial charge on any atom is 0.154 e. The predicted octanol–water partition coefficient (Wildman–Crippen LogP) is 5.14. The largest absolute Gasteiger partial charge is 0.497 e. The SMILES string of the molecule is COc1ccc2nc(C=Cc3ccc(Cl)cc3)nc(NC3CCC(N)CC3)c2c1. The van der Waals surface area contributed by atoms with Crippen LogP contribution in [0.3, 0.4) is 0 Å². The van der Waals surface area contributed by atoms with E-state index in [1.54, 1.807) is 7.11 Å². The Morgan fingerprint density at radius 3 is 2.52 bits per heavy atom. The number of methoxy groups -OCH3 is 1. The number of aromatic nitrogens is 2. The van der Waals surface area contributed by atoms with Crippen LogP contribution in [0.15, 0.2) is 42.5 Å². The average Bonchev–Trinajstić information content (AvgIpc) is 2.74. The topological polar surface area (TPSA) is 73.1 Å². The zero-order chi connectivity index (χ0) is 20.2. The van der Waals surface area contributed by atoms with Crippen LogP contribution in [-0.2, 0) is 0 Å². The van der Waals surface area contributed by atoms with Gasteiger partial charge in [-0.25, -0.2) is 9.97 Å². The Hall–Kier alpha value is -2.63. The minimum Gasteiger partial charge on any atom is -0.497 e. The lowest BCUT2D eigenvalue weighted by Gasteiger charge is -2.27. The van der Waals surface area contributed by atoms with Crippen molar-refractivity contribution in [2.45, 2.75) is 37.8 Å². The average molecular weight is 409 g/mol. The van der Waals surface area contributed by atoms with Gasteiger partial charge in [0.25, 0.3) is 0 Å². The highest BCUT2D eigenvalue weighted by Crippen LogP contribution is 2.28. The van der Waals surface area contributed by atoms with Gasteiger partial charge in [0.2, 0.25) is 0 Å². The summed E-state index contributed by atoms with van der Waals surface area (Å²) in [5.74, 6) is 2.29. The first-order valence-corrected chi connectivity index (χ1v) is 10.3. The van der Waals surface area contributed by atoms with Crippen LogP contribution in [0.25, 0.3) is 23.1 Å². The van der Waals surface area contributed by atoms with E-state index in [1.807, 2.05) is 54.6 Å². The quantitative estimate of drug-likeness (QED) is 0.611. The highest BCUT2D eigenvalue weighted by molar-refractivity contribution is 6.30. The van der Waals surface area contributed by atoms with Crippen LogP contribution >= 0.6 is 11.6 Å². The van der Waals surface area contributed by atoms with Crippen molar-refractivity contribution in [2.24, 2.45) is 5.73 Å². The number of benzene rings is 2. The summed E-state index contributed by atoms with van der Waals surface area (Å²) in [6.45, 7) is 0. The van der Waals surface area contributed by atoms with Crippen molar-refractivity contribution >= 4 is 40.5 Å². The lowest BCUT2D eigenvalue weighted by Crippen LogP contribution is -2.33. The van der Waals surface area contributed by atoms with Crippen molar-refractivity contribution in [3.63, 3.8) is 0 Å². The molecule has 3 aromatic rings. The van der Waals surface area contributed by atoms with Crippen LogP contribution in [0.2, 0.25) is 5.02 Å². The van der Waals surface area contributed by atoms with E-state index in [4.69, 9.17) is 32.0 Å². The Balaban J connectivity index is 1.67. The lowest BCUT2D eigenvalue weighted by molar-refractivity contribution is 0.410. The van der Waals surface area contributed by atoms with Crippen molar-refractivity contribution in [1.82, 2.24) is 9.97 Å². The molecule has 0 unspecified atom stereocenters. The number of hydrogen-bond acceptors (Lipinski definition) is 5. The fourth-order valence-electron chi connectivity index (χ4n) is 3.64. The molecule has 1 aliphatic carbocycles. The van der Waals surface area contributed by atoms with E-state index in [-0.39, 0.29) is 0 Å². The summed E-state index contributed by atoms with van der Waals surface area (Å²) in [7, 11) is 1.67. The first kappa shape index (κ1) is 19.7. The maximum absolute atomic E-state index is 6.06. The normalized spacial score (nSPS) is 19.6. The number of nitrogens with one attached hydrogen (secondary N) is 1. The Kier molecular flexibility index (Phi) is 5.97. The third-order valence-electron chi connectivity index (χ3n) is 5.33. The predicted molar refractivity (Wildman–Crippen MR) is 120 cm³/mol. The van der Waals surface area contributed by atoms with Crippen LogP contribution in [-0.4, -0.2) is 29.2 Å². The minimum atomic E-state index is 0.313. The van der Waals surface area contributed by atoms with E-state index in [2.05, 4.69) is 5.32 Å².